The van der Waals surface area contributed by atoms with Gasteiger partial charge in [-0.3, -0.25) is 0 Å². The molecule has 1 aliphatic rings. The lowest BCUT2D eigenvalue weighted by Crippen LogP contribution is -2.16. The second-order valence-corrected chi connectivity index (χ2v) is 6.94. The van der Waals surface area contributed by atoms with Crippen LogP contribution in [0.3, 0.4) is 0 Å². The van der Waals surface area contributed by atoms with Gasteiger partial charge in [-0.1, -0.05) is 87.2 Å². The van der Waals surface area contributed by atoms with Gasteiger partial charge in [0.25, 0.3) is 0 Å². The number of benzene rings is 2. The van der Waals surface area contributed by atoms with E-state index in [2.05, 4.69) is 61.5 Å². The van der Waals surface area contributed by atoms with Crippen molar-refractivity contribution in [1.29, 1.82) is 0 Å². The van der Waals surface area contributed by atoms with Crippen molar-refractivity contribution in [3.8, 4) is 11.1 Å². The molecule has 0 N–H and O–H groups in total. The van der Waals surface area contributed by atoms with E-state index in [1.165, 1.54) is 61.6 Å². The van der Waals surface area contributed by atoms with Gasteiger partial charge in [0.15, 0.2) is 0 Å². The highest BCUT2D eigenvalue weighted by Crippen LogP contribution is 2.33. The van der Waals surface area contributed by atoms with E-state index in [0.717, 1.165) is 11.8 Å². The zero-order chi connectivity index (χ0) is 15.2. The Bertz CT molecular complexity index is 544. The lowest BCUT2D eigenvalue weighted by molar-refractivity contribution is 0.261. The first-order valence-electron chi connectivity index (χ1n) is 8.99. The maximum atomic E-state index is 2.33. The fraction of sp³-hybridized carbons (Fsp3) is 0.455. The molecule has 0 saturated heterocycles. The first-order valence-corrected chi connectivity index (χ1v) is 8.99. The molecule has 0 bridgehead atoms. The Kier molecular flexibility index (Phi) is 5.32. The molecule has 2 aromatic carbocycles. The summed E-state index contributed by atoms with van der Waals surface area (Å²) in [6.45, 7) is 2.32. The highest BCUT2D eigenvalue weighted by molar-refractivity contribution is 5.63. The van der Waals surface area contributed by atoms with Crippen molar-refractivity contribution in [1.82, 2.24) is 0 Å². The monoisotopic (exact) mass is 292 g/mol. The molecule has 116 valence electrons. The quantitative estimate of drug-likeness (QED) is 0.590. The molecule has 0 heteroatoms. The average Bonchev–Trinajstić information content (AvgIpc) is 2.58. The van der Waals surface area contributed by atoms with Crippen molar-refractivity contribution in [3.05, 3.63) is 60.2 Å². The molecule has 0 unspecified atom stereocenters. The Morgan fingerprint density at radius 3 is 1.95 bits per heavy atom. The van der Waals surface area contributed by atoms with Crippen molar-refractivity contribution in [2.75, 3.05) is 0 Å². The third-order valence-corrected chi connectivity index (χ3v) is 5.25. The summed E-state index contributed by atoms with van der Waals surface area (Å²) in [4.78, 5) is 0. The Hall–Kier alpha value is -1.56. The first kappa shape index (κ1) is 15.3. The molecule has 0 aromatic heterocycles. The molecular formula is C22H28. The van der Waals surface area contributed by atoms with Crippen molar-refractivity contribution in [2.24, 2.45) is 11.8 Å². The molecule has 22 heavy (non-hydrogen) atoms. The van der Waals surface area contributed by atoms with E-state index >= 15 is 0 Å². The van der Waals surface area contributed by atoms with E-state index < -0.39 is 0 Å². The van der Waals surface area contributed by atoms with Gasteiger partial charge in [-0.05, 0) is 47.8 Å². The third-order valence-electron chi connectivity index (χ3n) is 5.25. The van der Waals surface area contributed by atoms with Crippen LogP contribution in [0.2, 0.25) is 0 Å². The van der Waals surface area contributed by atoms with E-state index in [9.17, 15) is 0 Å². The predicted molar refractivity (Wildman–Crippen MR) is 95.9 cm³/mol. The molecule has 1 saturated carbocycles. The van der Waals surface area contributed by atoms with Gasteiger partial charge in [0.2, 0.25) is 0 Å². The van der Waals surface area contributed by atoms with Crippen LogP contribution in [-0.2, 0) is 6.42 Å². The lowest BCUT2D eigenvalue weighted by atomic mass is 9.78. The first-order chi connectivity index (χ1) is 10.8. The normalized spacial score (nSPS) is 21.7. The van der Waals surface area contributed by atoms with E-state index in [4.69, 9.17) is 0 Å². The lowest BCUT2D eigenvalue weighted by Gasteiger charge is -2.28. The summed E-state index contributed by atoms with van der Waals surface area (Å²) in [6.07, 6.45) is 9.86. The highest BCUT2D eigenvalue weighted by Gasteiger charge is 2.20. The van der Waals surface area contributed by atoms with Gasteiger partial charge in [0.05, 0.1) is 0 Å². The van der Waals surface area contributed by atoms with E-state index in [1.807, 2.05) is 0 Å². The second-order valence-electron chi connectivity index (χ2n) is 6.94. The van der Waals surface area contributed by atoms with Gasteiger partial charge in [-0.15, -0.1) is 0 Å². The second kappa shape index (κ2) is 7.63. The minimum atomic E-state index is 0.913. The maximum Gasteiger partial charge on any atom is -0.0184 e. The van der Waals surface area contributed by atoms with Gasteiger partial charge in [0.1, 0.15) is 0 Å². The summed E-state index contributed by atoms with van der Waals surface area (Å²) in [7, 11) is 0. The Balaban J connectivity index is 1.56. The van der Waals surface area contributed by atoms with Crippen molar-refractivity contribution in [3.63, 3.8) is 0 Å². The summed E-state index contributed by atoms with van der Waals surface area (Å²) in [6, 6.07) is 19.9. The van der Waals surface area contributed by atoms with Crippen LogP contribution in [0.1, 0.15) is 51.0 Å². The summed E-state index contributed by atoms with van der Waals surface area (Å²) in [5.74, 6) is 1.93. The summed E-state index contributed by atoms with van der Waals surface area (Å²) >= 11 is 0. The van der Waals surface area contributed by atoms with Crippen LogP contribution in [0.4, 0.5) is 0 Å². The highest BCUT2D eigenvalue weighted by atomic mass is 14.3. The fourth-order valence-corrected chi connectivity index (χ4v) is 3.93. The molecule has 0 aliphatic heterocycles. The summed E-state index contributed by atoms with van der Waals surface area (Å²) < 4.78 is 0. The van der Waals surface area contributed by atoms with Crippen LogP contribution in [0, 0.1) is 11.8 Å². The maximum absolute atomic E-state index is 2.33. The predicted octanol–water partition coefficient (Wildman–Crippen LogP) is 6.50. The van der Waals surface area contributed by atoms with Crippen molar-refractivity contribution < 1.29 is 0 Å². The zero-order valence-corrected chi connectivity index (χ0v) is 13.8. The van der Waals surface area contributed by atoms with Crippen LogP contribution >= 0.6 is 0 Å². The van der Waals surface area contributed by atoms with E-state index in [-0.39, 0.29) is 0 Å². The topological polar surface area (TPSA) is 0 Å². The van der Waals surface area contributed by atoms with Crippen LogP contribution < -0.4 is 0 Å². The van der Waals surface area contributed by atoms with Crippen LogP contribution in [0.5, 0.6) is 0 Å². The molecule has 0 heterocycles. The average molecular weight is 292 g/mol. The SMILES string of the molecule is CCC[C@H]1CC[C@H](Cc2ccc(-c3ccccc3)cc2)CC1. The standard InChI is InChI=1S/C22H28/c1-2-6-18-9-11-19(12-10-18)17-20-13-15-22(16-14-20)21-7-4-3-5-8-21/h3-5,7-8,13-16,18-19H,2,6,9-12,17H2,1H3/t18-,19-. The number of hydrogen-bond donors (Lipinski definition) is 0. The van der Waals surface area contributed by atoms with Crippen LogP contribution in [-0.4, -0.2) is 0 Å². The number of rotatable bonds is 5. The molecule has 0 nitrogen and oxygen atoms in total. The Morgan fingerprint density at radius 1 is 0.727 bits per heavy atom. The molecular weight excluding hydrogens is 264 g/mol. The molecule has 3 rings (SSSR count). The van der Waals surface area contributed by atoms with Crippen LogP contribution in [0.15, 0.2) is 54.6 Å². The number of hydrogen-bond acceptors (Lipinski definition) is 0. The van der Waals surface area contributed by atoms with E-state index in [1.54, 1.807) is 0 Å². The Labute approximate surface area is 135 Å². The van der Waals surface area contributed by atoms with Gasteiger partial charge < -0.3 is 0 Å². The Morgan fingerprint density at radius 2 is 1.32 bits per heavy atom. The van der Waals surface area contributed by atoms with Gasteiger partial charge in [-0.25, -0.2) is 0 Å². The molecule has 1 aliphatic carbocycles. The molecule has 0 radical (unpaired) electrons. The van der Waals surface area contributed by atoms with Crippen LogP contribution in [0.25, 0.3) is 11.1 Å². The zero-order valence-electron chi connectivity index (χ0n) is 13.8. The largest absolute Gasteiger partial charge is 0.0654 e. The molecule has 0 spiro atoms. The molecule has 0 amide bonds. The minimum absolute atomic E-state index is 0.913. The van der Waals surface area contributed by atoms with Crippen molar-refractivity contribution in [2.45, 2.75) is 51.9 Å². The molecule has 2 aromatic rings. The minimum Gasteiger partial charge on any atom is -0.0654 e. The molecule has 1 fully saturated rings. The van der Waals surface area contributed by atoms with Gasteiger partial charge >= 0.3 is 0 Å². The summed E-state index contributed by atoms with van der Waals surface area (Å²) in [5.41, 5.74) is 4.16. The smallest absolute Gasteiger partial charge is 0.0184 e. The fourth-order valence-electron chi connectivity index (χ4n) is 3.93. The third kappa shape index (κ3) is 4.00. The van der Waals surface area contributed by atoms with Gasteiger partial charge in [0, 0.05) is 0 Å². The van der Waals surface area contributed by atoms with Crippen molar-refractivity contribution >= 4 is 0 Å². The van der Waals surface area contributed by atoms with Gasteiger partial charge in [-0.2, -0.15) is 0 Å². The molecule has 0 atom stereocenters. The van der Waals surface area contributed by atoms with E-state index in [0.29, 0.717) is 0 Å². The summed E-state index contributed by atoms with van der Waals surface area (Å²) in [5, 5.41) is 0.